The Labute approximate surface area is 102 Å². The van der Waals surface area contributed by atoms with Crippen LogP contribution in [0.4, 0.5) is 0 Å². The lowest BCUT2D eigenvalue weighted by Gasteiger charge is -2.23. The molecule has 0 radical (unpaired) electrons. The Bertz CT molecular complexity index is 348. The van der Waals surface area contributed by atoms with Crippen molar-refractivity contribution in [2.45, 2.75) is 30.9 Å². The Morgan fingerprint density at radius 2 is 2.12 bits per heavy atom. The van der Waals surface area contributed by atoms with E-state index in [1.165, 1.54) is 12.0 Å². The van der Waals surface area contributed by atoms with Gasteiger partial charge >= 0.3 is 0 Å². The summed E-state index contributed by atoms with van der Waals surface area (Å²) in [6.45, 7) is 2.25. The minimum Gasteiger partial charge on any atom is -0.355 e. The molecule has 2 aliphatic rings. The average Bonchev–Trinajstić information content (AvgIpc) is 3.18. The maximum Gasteiger partial charge on any atom is 0.147 e. The highest BCUT2D eigenvalue weighted by molar-refractivity contribution is 5.27. The Kier molecular flexibility index (Phi) is 3.41. The van der Waals surface area contributed by atoms with E-state index >= 15 is 0 Å². The molecule has 3 heteroatoms. The Morgan fingerprint density at radius 3 is 2.88 bits per heavy atom. The van der Waals surface area contributed by atoms with Gasteiger partial charge in [-0.15, -0.1) is 0 Å². The van der Waals surface area contributed by atoms with Crippen molar-refractivity contribution in [3.63, 3.8) is 0 Å². The number of nitrogens with one attached hydrogen (secondary N) is 1. The van der Waals surface area contributed by atoms with Crippen LogP contribution in [0.3, 0.4) is 0 Å². The topological polar surface area (TPSA) is 30.5 Å². The molecule has 17 heavy (non-hydrogen) atoms. The zero-order chi connectivity index (χ0) is 11.5. The Balaban J connectivity index is 1.43. The van der Waals surface area contributed by atoms with Crippen molar-refractivity contribution < 1.29 is 9.47 Å². The minimum atomic E-state index is 0.334. The van der Waals surface area contributed by atoms with Crippen molar-refractivity contribution in [1.82, 2.24) is 5.32 Å². The van der Waals surface area contributed by atoms with Crippen LogP contribution >= 0.6 is 0 Å². The average molecular weight is 233 g/mol. The van der Waals surface area contributed by atoms with Gasteiger partial charge in [0.2, 0.25) is 0 Å². The summed E-state index contributed by atoms with van der Waals surface area (Å²) < 4.78 is 10.7. The minimum absolute atomic E-state index is 0.334. The summed E-state index contributed by atoms with van der Waals surface area (Å²) in [5.41, 5.74) is 1.46. The lowest BCUT2D eigenvalue weighted by molar-refractivity contribution is -0.137. The molecule has 1 aromatic rings. The van der Waals surface area contributed by atoms with Crippen LogP contribution in [0.15, 0.2) is 30.3 Å². The highest BCUT2D eigenvalue weighted by Gasteiger charge is 2.38. The fourth-order valence-corrected chi connectivity index (χ4v) is 2.43. The van der Waals surface area contributed by atoms with Crippen molar-refractivity contribution >= 4 is 0 Å². The third-order valence-electron chi connectivity index (χ3n) is 3.60. The quantitative estimate of drug-likeness (QED) is 0.861. The first-order valence-electron chi connectivity index (χ1n) is 6.41. The largest absolute Gasteiger partial charge is 0.355 e. The molecular formula is C14H19NO2. The van der Waals surface area contributed by atoms with E-state index < -0.39 is 0 Å². The normalized spacial score (nSPS) is 32.4. The molecule has 3 rings (SSSR count). The predicted octanol–water partition coefficient (Wildman–Crippen LogP) is 1.90. The van der Waals surface area contributed by atoms with Gasteiger partial charge in [-0.25, -0.2) is 0 Å². The van der Waals surface area contributed by atoms with Crippen LogP contribution in [-0.2, 0) is 9.47 Å². The predicted molar refractivity (Wildman–Crippen MR) is 65.9 cm³/mol. The monoisotopic (exact) mass is 233 g/mol. The van der Waals surface area contributed by atoms with Crippen LogP contribution < -0.4 is 5.32 Å². The highest BCUT2D eigenvalue weighted by atomic mass is 16.7. The Morgan fingerprint density at radius 1 is 1.24 bits per heavy atom. The Hall–Kier alpha value is -0.900. The van der Waals surface area contributed by atoms with Crippen molar-refractivity contribution in [3.8, 4) is 0 Å². The molecule has 0 amide bonds. The van der Waals surface area contributed by atoms with Gasteiger partial charge in [0.05, 0.1) is 12.7 Å². The fraction of sp³-hybridized carbons (Fsp3) is 0.571. The van der Waals surface area contributed by atoms with Gasteiger partial charge in [0.25, 0.3) is 0 Å². The first kappa shape index (κ1) is 11.2. The molecule has 1 heterocycles. The molecule has 0 bridgehead atoms. The SMILES string of the molecule is c1ccc(C2CC2NCC2CCOCO2)cc1. The van der Waals surface area contributed by atoms with Crippen LogP contribution in [-0.4, -0.2) is 32.1 Å². The van der Waals surface area contributed by atoms with Crippen LogP contribution in [0.2, 0.25) is 0 Å². The first-order valence-corrected chi connectivity index (χ1v) is 6.41. The highest BCUT2D eigenvalue weighted by Crippen LogP contribution is 2.40. The zero-order valence-corrected chi connectivity index (χ0v) is 9.97. The molecule has 92 valence electrons. The fourth-order valence-electron chi connectivity index (χ4n) is 2.43. The number of hydrogen-bond donors (Lipinski definition) is 1. The van der Waals surface area contributed by atoms with E-state index in [1.807, 2.05) is 0 Å². The number of rotatable bonds is 4. The zero-order valence-electron chi connectivity index (χ0n) is 9.97. The third kappa shape index (κ3) is 2.86. The van der Waals surface area contributed by atoms with Gasteiger partial charge in [0, 0.05) is 18.5 Å². The van der Waals surface area contributed by atoms with E-state index in [-0.39, 0.29) is 0 Å². The summed E-state index contributed by atoms with van der Waals surface area (Å²) in [4.78, 5) is 0. The van der Waals surface area contributed by atoms with E-state index in [9.17, 15) is 0 Å². The number of hydrogen-bond acceptors (Lipinski definition) is 3. The van der Waals surface area contributed by atoms with Crippen LogP contribution in [0.25, 0.3) is 0 Å². The van der Waals surface area contributed by atoms with Gasteiger partial charge in [0.15, 0.2) is 0 Å². The molecule has 1 aliphatic carbocycles. The van der Waals surface area contributed by atoms with Crippen LogP contribution in [0, 0.1) is 0 Å². The molecule has 2 fully saturated rings. The van der Waals surface area contributed by atoms with Gasteiger partial charge in [-0.05, 0) is 18.4 Å². The summed E-state index contributed by atoms with van der Waals surface area (Å²) in [5.74, 6) is 0.705. The standard InChI is InChI=1S/C14H19NO2/c1-2-4-11(5-3-1)13-8-14(13)15-9-12-6-7-16-10-17-12/h1-5,12-15H,6-10H2. The molecule has 1 saturated heterocycles. The van der Waals surface area contributed by atoms with E-state index in [4.69, 9.17) is 9.47 Å². The van der Waals surface area contributed by atoms with Crippen LogP contribution in [0.1, 0.15) is 24.3 Å². The van der Waals surface area contributed by atoms with Gasteiger partial charge in [-0.1, -0.05) is 30.3 Å². The molecule has 3 nitrogen and oxygen atoms in total. The number of ether oxygens (including phenoxy) is 2. The molecule has 1 N–H and O–H groups in total. The molecular weight excluding hydrogens is 214 g/mol. The molecule has 3 atom stereocenters. The lowest BCUT2D eigenvalue weighted by atomic mass is 10.1. The van der Waals surface area contributed by atoms with E-state index in [2.05, 4.69) is 35.6 Å². The van der Waals surface area contributed by atoms with E-state index in [0.717, 1.165) is 19.6 Å². The van der Waals surface area contributed by atoms with Gasteiger partial charge in [-0.2, -0.15) is 0 Å². The van der Waals surface area contributed by atoms with Crippen molar-refractivity contribution in [2.24, 2.45) is 0 Å². The van der Waals surface area contributed by atoms with Gasteiger partial charge < -0.3 is 14.8 Å². The summed E-state index contributed by atoms with van der Waals surface area (Å²) >= 11 is 0. The van der Waals surface area contributed by atoms with Gasteiger partial charge in [-0.3, -0.25) is 0 Å². The summed E-state index contributed by atoms with van der Waals surface area (Å²) in [6.07, 6.45) is 2.60. The molecule has 1 aromatic carbocycles. The molecule has 1 saturated carbocycles. The molecule has 0 aromatic heterocycles. The maximum absolute atomic E-state index is 5.51. The second-order valence-corrected chi connectivity index (χ2v) is 4.87. The van der Waals surface area contributed by atoms with Crippen LogP contribution in [0.5, 0.6) is 0 Å². The maximum atomic E-state index is 5.51. The summed E-state index contributed by atoms with van der Waals surface area (Å²) in [5, 5.41) is 3.59. The number of benzene rings is 1. The van der Waals surface area contributed by atoms with Crippen molar-refractivity contribution in [2.75, 3.05) is 19.9 Å². The third-order valence-corrected chi connectivity index (χ3v) is 3.60. The lowest BCUT2D eigenvalue weighted by Crippen LogP contribution is -2.35. The van der Waals surface area contributed by atoms with Crippen molar-refractivity contribution in [1.29, 1.82) is 0 Å². The van der Waals surface area contributed by atoms with Gasteiger partial charge in [0.1, 0.15) is 6.79 Å². The molecule has 0 spiro atoms. The molecule has 1 aliphatic heterocycles. The second-order valence-electron chi connectivity index (χ2n) is 4.87. The first-order chi connectivity index (χ1) is 8.43. The molecule has 3 unspecified atom stereocenters. The summed E-state index contributed by atoms with van der Waals surface area (Å²) in [7, 11) is 0. The second kappa shape index (κ2) is 5.17. The van der Waals surface area contributed by atoms with E-state index in [0.29, 0.717) is 24.9 Å². The van der Waals surface area contributed by atoms with E-state index in [1.54, 1.807) is 0 Å². The summed E-state index contributed by atoms with van der Waals surface area (Å²) in [6, 6.07) is 11.4. The smallest absolute Gasteiger partial charge is 0.147 e. The van der Waals surface area contributed by atoms with Crippen molar-refractivity contribution in [3.05, 3.63) is 35.9 Å².